The van der Waals surface area contributed by atoms with Crippen molar-refractivity contribution < 1.29 is 4.79 Å². The molecule has 0 saturated carbocycles. The number of halogens is 1. The number of para-hydroxylation sites is 1. The second-order valence-corrected chi connectivity index (χ2v) is 3.89. The Morgan fingerprint density at radius 1 is 1.47 bits per heavy atom. The van der Waals surface area contributed by atoms with Crippen molar-refractivity contribution in [1.82, 2.24) is 0 Å². The lowest BCUT2D eigenvalue weighted by atomic mass is 10.1. The van der Waals surface area contributed by atoms with Gasteiger partial charge in [-0.15, -0.1) is 0 Å². The zero-order valence-electron chi connectivity index (χ0n) is 7.98. The van der Waals surface area contributed by atoms with Crippen LogP contribution in [0.1, 0.15) is 0 Å². The minimum absolute atomic E-state index is 0.0302. The molecule has 0 spiro atoms. The van der Waals surface area contributed by atoms with E-state index in [0.29, 0.717) is 11.6 Å². The Morgan fingerprint density at radius 3 is 2.80 bits per heavy atom. The molecule has 4 heteroatoms. The second-order valence-electron chi connectivity index (χ2n) is 3.48. The van der Waals surface area contributed by atoms with E-state index in [0.717, 1.165) is 5.69 Å². The van der Waals surface area contributed by atoms with Crippen LogP contribution in [0.4, 0.5) is 5.69 Å². The fourth-order valence-corrected chi connectivity index (χ4v) is 1.94. The number of hydrogen-bond acceptors (Lipinski definition) is 3. The van der Waals surface area contributed by atoms with E-state index < -0.39 is 5.92 Å². The Kier molecular flexibility index (Phi) is 2.61. The maximum atomic E-state index is 11.4. The fourth-order valence-electron chi connectivity index (χ4n) is 1.69. The summed E-state index contributed by atoms with van der Waals surface area (Å²) in [6, 6.07) is 9.34. The first-order chi connectivity index (χ1) is 7.22. The van der Waals surface area contributed by atoms with Crippen molar-refractivity contribution >= 4 is 23.1 Å². The molecule has 0 aromatic heterocycles. The van der Waals surface area contributed by atoms with Gasteiger partial charge < -0.3 is 4.90 Å². The van der Waals surface area contributed by atoms with Crippen molar-refractivity contribution in [3.8, 4) is 6.07 Å². The summed E-state index contributed by atoms with van der Waals surface area (Å²) in [5.41, 5.74) is 0.824. The summed E-state index contributed by atoms with van der Waals surface area (Å²) in [4.78, 5) is 13.2. The topological polar surface area (TPSA) is 44.1 Å². The number of Topliss-reactive ketones (excluding diaryl/α,β-unsaturated/α-hetero) is 1. The number of ketones is 1. The Morgan fingerprint density at radius 2 is 2.20 bits per heavy atom. The third-order valence-electron chi connectivity index (χ3n) is 2.49. The van der Waals surface area contributed by atoms with Crippen molar-refractivity contribution in [2.75, 3.05) is 18.0 Å². The maximum absolute atomic E-state index is 11.4. The largest absolute Gasteiger partial charge is 0.361 e. The smallest absolute Gasteiger partial charge is 0.170 e. The van der Waals surface area contributed by atoms with Gasteiger partial charge in [-0.3, -0.25) is 4.79 Å². The number of rotatable bonds is 1. The van der Waals surface area contributed by atoms with Gasteiger partial charge >= 0.3 is 0 Å². The van der Waals surface area contributed by atoms with Crippen LogP contribution in [0.15, 0.2) is 24.3 Å². The van der Waals surface area contributed by atoms with Crippen LogP contribution in [0.5, 0.6) is 0 Å². The number of nitriles is 1. The van der Waals surface area contributed by atoms with Crippen LogP contribution < -0.4 is 4.90 Å². The van der Waals surface area contributed by atoms with Gasteiger partial charge in [0.25, 0.3) is 0 Å². The Bertz CT molecular complexity index is 438. The zero-order chi connectivity index (χ0) is 10.8. The van der Waals surface area contributed by atoms with Crippen LogP contribution in [0.2, 0.25) is 5.02 Å². The molecule has 2 rings (SSSR count). The minimum Gasteiger partial charge on any atom is -0.361 e. The van der Waals surface area contributed by atoms with Crippen LogP contribution in [-0.4, -0.2) is 18.9 Å². The predicted octanol–water partition coefficient (Wildman–Crippen LogP) is 1.87. The second kappa shape index (κ2) is 3.92. The number of benzene rings is 1. The molecule has 15 heavy (non-hydrogen) atoms. The van der Waals surface area contributed by atoms with Gasteiger partial charge in [0.2, 0.25) is 0 Å². The molecular weight excluding hydrogens is 212 g/mol. The molecule has 1 aliphatic rings. The average Bonchev–Trinajstić information content (AvgIpc) is 2.60. The molecule has 1 heterocycles. The summed E-state index contributed by atoms with van der Waals surface area (Å²) in [5, 5.41) is 9.35. The molecule has 0 unspecified atom stereocenters. The predicted molar refractivity (Wildman–Crippen MR) is 57.8 cm³/mol. The molecule has 3 nitrogen and oxygen atoms in total. The van der Waals surface area contributed by atoms with Crippen LogP contribution >= 0.6 is 11.6 Å². The summed E-state index contributed by atoms with van der Waals surface area (Å²) in [6.07, 6.45) is 0. The standard InChI is InChI=1S/C11H9ClN2O/c12-9-3-1-2-4-10(9)14-6-8(5-13)11(15)7-14/h1-4,8H,6-7H2/t8-/m0/s1. The molecule has 0 N–H and O–H groups in total. The number of carbonyl (C=O) groups is 1. The van der Waals surface area contributed by atoms with Gasteiger partial charge in [-0.1, -0.05) is 23.7 Å². The van der Waals surface area contributed by atoms with E-state index >= 15 is 0 Å². The summed E-state index contributed by atoms with van der Waals surface area (Å²) >= 11 is 6.01. The van der Waals surface area contributed by atoms with Crippen molar-refractivity contribution in [3.05, 3.63) is 29.3 Å². The van der Waals surface area contributed by atoms with Crippen molar-refractivity contribution in [2.45, 2.75) is 0 Å². The molecule has 1 atom stereocenters. The lowest BCUT2D eigenvalue weighted by molar-refractivity contribution is -0.118. The first-order valence-corrected chi connectivity index (χ1v) is 5.02. The number of hydrogen-bond donors (Lipinski definition) is 0. The Hall–Kier alpha value is -1.53. The van der Waals surface area contributed by atoms with E-state index in [1.54, 1.807) is 6.07 Å². The highest BCUT2D eigenvalue weighted by Crippen LogP contribution is 2.28. The van der Waals surface area contributed by atoms with Gasteiger partial charge in [0, 0.05) is 6.54 Å². The molecule has 1 aliphatic heterocycles. The molecule has 1 aromatic carbocycles. The number of nitrogens with zero attached hydrogens (tertiary/aromatic N) is 2. The summed E-state index contributed by atoms with van der Waals surface area (Å²) in [5.74, 6) is -0.543. The van der Waals surface area contributed by atoms with E-state index in [4.69, 9.17) is 16.9 Å². The summed E-state index contributed by atoms with van der Waals surface area (Å²) < 4.78 is 0. The quantitative estimate of drug-likeness (QED) is 0.726. The molecule has 1 saturated heterocycles. The average molecular weight is 221 g/mol. The third kappa shape index (κ3) is 1.81. The van der Waals surface area contributed by atoms with E-state index in [9.17, 15) is 4.79 Å². The highest BCUT2D eigenvalue weighted by molar-refractivity contribution is 6.33. The normalized spacial score (nSPS) is 20.4. The van der Waals surface area contributed by atoms with E-state index in [1.807, 2.05) is 29.2 Å². The van der Waals surface area contributed by atoms with Crippen molar-refractivity contribution in [2.24, 2.45) is 5.92 Å². The molecular formula is C11H9ClN2O. The van der Waals surface area contributed by atoms with Crippen molar-refractivity contribution in [3.63, 3.8) is 0 Å². The van der Waals surface area contributed by atoms with Gasteiger partial charge in [-0.05, 0) is 12.1 Å². The lowest BCUT2D eigenvalue weighted by Gasteiger charge is -2.17. The van der Waals surface area contributed by atoms with Crippen LogP contribution in [-0.2, 0) is 4.79 Å². The highest BCUT2D eigenvalue weighted by atomic mass is 35.5. The molecule has 76 valence electrons. The number of carbonyl (C=O) groups excluding carboxylic acids is 1. The molecule has 0 aliphatic carbocycles. The SMILES string of the molecule is N#C[C@H]1CN(c2ccccc2Cl)CC1=O. The van der Waals surface area contributed by atoms with Gasteiger partial charge in [0.1, 0.15) is 5.92 Å². The molecule has 0 amide bonds. The minimum atomic E-state index is -0.513. The van der Waals surface area contributed by atoms with Gasteiger partial charge in [-0.25, -0.2) is 0 Å². The van der Waals surface area contributed by atoms with E-state index in [-0.39, 0.29) is 12.3 Å². The first kappa shape index (κ1) is 10.0. The highest BCUT2D eigenvalue weighted by Gasteiger charge is 2.31. The van der Waals surface area contributed by atoms with E-state index in [2.05, 4.69) is 0 Å². The third-order valence-corrected chi connectivity index (χ3v) is 2.81. The summed E-state index contributed by atoms with van der Waals surface area (Å²) in [7, 11) is 0. The number of anilines is 1. The molecule has 0 radical (unpaired) electrons. The van der Waals surface area contributed by atoms with Crippen LogP contribution in [0.25, 0.3) is 0 Å². The molecule has 1 fully saturated rings. The fraction of sp³-hybridized carbons (Fsp3) is 0.273. The van der Waals surface area contributed by atoms with Gasteiger partial charge in [-0.2, -0.15) is 5.26 Å². The van der Waals surface area contributed by atoms with Gasteiger partial charge in [0.15, 0.2) is 5.78 Å². The van der Waals surface area contributed by atoms with Gasteiger partial charge in [0.05, 0.1) is 23.3 Å². The zero-order valence-corrected chi connectivity index (χ0v) is 8.74. The monoisotopic (exact) mass is 220 g/mol. The molecule has 1 aromatic rings. The van der Waals surface area contributed by atoms with Crippen LogP contribution in [0, 0.1) is 17.2 Å². The van der Waals surface area contributed by atoms with Crippen LogP contribution in [0.3, 0.4) is 0 Å². The Labute approximate surface area is 92.9 Å². The Balaban J connectivity index is 2.25. The lowest BCUT2D eigenvalue weighted by Crippen LogP contribution is -2.20. The first-order valence-electron chi connectivity index (χ1n) is 4.64. The summed E-state index contributed by atoms with van der Waals surface area (Å²) in [6.45, 7) is 0.723. The molecule has 0 bridgehead atoms. The van der Waals surface area contributed by atoms with Crippen molar-refractivity contribution in [1.29, 1.82) is 5.26 Å². The van der Waals surface area contributed by atoms with E-state index in [1.165, 1.54) is 0 Å². The maximum Gasteiger partial charge on any atom is 0.170 e.